The topological polar surface area (TPSA) is 46.3 Å². The van der Waals surface area contributed by atoms with E-state index in [1.807, 2.05) is 0 Å². The number of likely N-dealkylation sites (tertiary alicyclic amines) is 1. The van der Waals surface area contributed by atoms with Gasteiger partial charge in [0.2, 0.25) is 5.91 Å². The minimum atomic E-state index is -0.333. The van der Waals surface area contributed by atoms with E-state index in [4.69, 9.17) is 5.73 Å². The Labute approximate surface area is 106 Å². The molecule has 1 amide bonds. The molecule has 2 unspecified atom stereocenters. The molecule has 0 radical (unpaired) electrons. The van der Waals surface area contributed by atoms with Gasteiger partial charge < -0.3 is 10.6 Å². The first-order chi connectivity index (χ1) is 8.02. The summed E-state index contributed by atoms with van der Waals surface area (Å²) in [5, 5.41) is 0. The molecule has 1 aliphatic rings. The first-order valence-electron chi connectivity index (χ1n) is 7.05. The summed E-state index contributed by atoms with van der Waals surface area (Å²) in [5.41, 5.74) is 5.55. The van der Waals surface area contributed by atoms with Gasteiger partial charge in [-0.15, -0.1) is 0 Å². The van der Waals surface area contributed by atoms with Crippen molar-refractivity contribution in [3.8, 4) is 0 Å². The Bertz CT molecular complexity index is 243. The predicted octanol–water partition coefficient (Wildman–Crippen LogP) is 2.54. The molecule has 1 saturated heterocycles. The highest BCUT2D eigenvalue weighted by atomic mass is 16.2. The molecule has 0 aromatic rings. The van der Waals surface area contributed by atoms with Crippen LogP contribution in [0.1, 0.15) is 59.8 Å². The van der Waals surface area contributed by atoms with Crippen LogP contribution in [0.2, 0.25) is 0 Å². The standard InChI is InChI=1S/C14H28N2O/c1-5-14(6-2,10-15)13(17)16-11(3)8-7-9-12(16)4/h11-12H,5-10,15H2,1-4H3. The zero-order valence-corrected chi connectivity index (χ0v) is 11.8. The van der Waals surface area contributed by atoms with Crippen LogP contribution in [0.25, 0.3) is 0 Å². The van der Waals surface area contributed by atoms with E-state index in [1.54, 1.807) is 0 Å². The molecule has 0 aromatic carbocycles. The zero-order chi connectivity index (χ0) is 13.1. The van der Waals surface area contributed by atoms with E-state index in [1.165, 1.54) is 6.42 Å². The summed E-state index contributed by atoms with van der Waals surface area (Å²) in [7, 11) is 0. The highest BCUT2D eigenvalue weighted by Gasteiger charge is 2.41. The Kier molecular flexibility index (Phi) is 4.99. The molecule has 0 aromatic heterocycles. The van der Waals surface area contributed by atoms with Gasteiger partial charge in [0.05, 0.1) is 5.41 Å². The average Bonchev–Trinajstić information content (AvgIpc) is 2.32. The molecular formula is C14H28N2O. The number of nitrogens with zero attached hydrogens (tertiary/aromatic N) is 1. The zero-order valence-electron chi connectivity index (χ0n) is 11.8. The van der Waals surface area contributed by atoms with Crippen molar-refractivity contribution in [1.29, 1.82) is 0 Å². The fourth-order valence-corrected chi connectivity index (χ4v) is 3.02. The first kappa shape index (κ1) is 14.5. The molecule has 2 N–H and O–H groups in total. The molecule has 0 saturated carbocycles. The summed E-state index contributed by atoms with van der Waals surface area (Å²) < 4.78 is 0. The van der Waals surface area contributed by atoms with Gasteiger partial charge in [-0.3, -0.25) is 4.79 Å². The van der Waals surface area contributed by atoms with Crippen LogP contribution in [0, 0.1) is 5.41 Å². The maximum absolute atomic E-state index is 12.8. The lowest BCUT2D eigenvalue weighted by Gasteiger charge is -2.44. The Morgan fingerprint density at radius 3 is 2.06 bits per heavy atom. The lowest BCUT2D eigenvalue weighted by molar-refractivity contribution is -0.148. The van der Waals surface area contributed by atoms with Crippen molar-refractivity contribution in [2.45, 2.75) is 71.9 Å². The van der Waals surface area contributed by atoms with Gasteiger partial charge in [-0.2, -0.15) is 0 Å². The Hall–Kier alpha value is -0.570. The molecule has 0 spiro atoms. The van der Waals surface area contributed by atoms with E-state index in [-0.39, 0.29) is 11.3 Å². The molecule has 1 fully saturated rings. The van der Waals surface area contributed by atoms with Crippen LogP contribution in [-0.4, -0.2) is 29.4 Å². The second-order valence-electron chi connectivity index (χ2n) is 5.53. The molecule has 0 bridgehead atoms. The monoisotopic (exact) mass is 240 g/mol. The Morgan fingerprint density at radius 1 is 1.24 bits per heavy atom. The van der Waals surface area contributed by atoms with Crippen LogP contribution < -0.4 is 5.73 Å². The molecule has 1 aliphatic heterocycles. The third kappa shape index (κ3) is 2.65. The number of piperidine rings is 1. The molecule has 1 heterocycles. The van der Waals surface area contributed by atoms with Crippen LogP contribution in [0.5, 0.6) is 0 Å². The SMILES string of the molecule is CCC(CC)(CN)C(=O)N1C(C)CCCC1C. The average molecular weight is 240 g/mol. The van der Waals surface area contributed by atoms with Crippen LogP contribution in [0.3, 0.4) is 0 Å². The van der Waals surface area contributed by atoms with E-state index in [0.29, 0.717) is 18.6 Å². The summed E-state index contributed by atoms with van der Waals surface area (Å²) in [6, 6.07) is 0.741. The summed E-state index contributed by atoms with van der Waals surface area (Å²) in [6.45, 7) is 8.95. The fourth-order valence-electron chi connectivity index (χ4n) is 3.02. The predicted molar refractivity (Wildman–Crippen MR) is 71.7 cm³/mol. The van der Waals surface area contributed by atoms with Crippen LogP contribution in [-0.2, 0) is 4.79 Å². The van der Waals surface area contributed by atoms with Crippen LogP contribution in [0.15, 0.2) is 0 Å². The number of amides is 1. The van der Waals surface area contributed by atoms with Crippen molar-refractivity contribution in [3.63, 3.8) is 0 Å². The van der Waals surface area contributed by atoms with Gasteiger partial charge in [0, 0.05) is 18.6 Å². The summed E-state index contributed by atoms with van der Waals surface area (Å²) in [5.74, 6) is 0.282. The summed E-state index contributed by atoms with van der Waals surface area (Å²) in [6.07, 6.45) is 5.18. The number of carbonyl (C=O) groups excluding carboxylic acids is 1. The quantitative estimate of drug-likeness (QED) is 0.821. The van der Waals surface area contributed by atoms with Gasteiger partial charge in [0.15, 0.2) is 0 Å². The van der Waals surface area contributed by atoms with Crippen molar-refractivity contribution in [3.05, 3.63) is 0 Å². The number of hydrogen-bond donors (Lipinski definition) is 1. The second-order valence-corrected chi connectivity index (χ2v) is 5.53. The second kappa shape index (κ2) is 5.85. The molecule has 3 heteroatoms. The Balaban J connectivity index is 2.92. The largest absolute Gasteiger partial charge is 0.337 e. The van der Waals surface area contributed by atoms with Gasteiger partial charge in [-0.1, -0.05) is 13.8 Å². The molecule has 0 aliphatic carbocycles. The normalized spacial score (nSPS) is 26.1. The van der Waals surface area contributed by atoms with Crippen molar-refractivity contribution in [2.75, 3.05) is 6.54 Å². The first-order valence-corrected chi connectivity index (χ1v) is 7.05. The molecule has 3 nitrogen and oxygen atoms in total. The lowest BCUT2D eigenvalue weighted by atomic mass is 9.79. The molecular weight excluding hydrogens is 212 g/mol. The van der Waals surface area contributed by atoms with Gasteiger partial charge in [0.25, 0.3) is 0 Å². The van der Waals surface area contributed by atoms with Crippen molar-refractivity contribution < 1.29 is 4.79 Å². The smallest absolute Gasteiger partial charge is 0.230 e. The third-order valence-corrected chi connectivity index (χ3v) is 4.63. The Morgan fingerprint density at radius 2 is 1.71 bits per heavy atom. The van der Waals surface area contributed by atoms with Gasteiger partial charge in [-0.05, 0) is 46.0 Å². The van der Waals surface area contributed by atoms with Gasteiger partial charge in [-0.25, -0.2) is 0 Å². The minimum absolute atomic E-state index is 0.282. The highest BCUT2D eigenvalue weighted by molar-refractivity contribution is 5.83. The van der Waals surface area contributed by atoms with Gasteiger partial charge >= 0.3 is 0 Å². The van der Waals surface area contributed by atoms with E-state index < -0.39 is 0 Å². The number of nitrogens with two attached hydrogens (primary N) is 1. The minimum Gasteiger partial charge on any atom is -0.337 e. The maximum atomic E-state index is 12.8. The molecule has 2 atom stereocenters. The maximum Gasteiger partial charge on any atom is 0.230 e. The van der Waals surface area contributed by atoms with E-state index >= 15 is 0 Å². The van der Waals surface area contributed by atoms with E-state index in [0.717, 1.165) is 25.7 Å². The molecule has 1 rings (SSSR count). The van der Waals surface area contributed by atoms with Crippen molar-refractivity contribution in [1.82, 2.24) is 4.90 Å². The lowest BCUT2D eigenvalue weighted by Crippen LogP contribution is -2.55. The number of carbonyl (C=O) groups is 1. The molecule has 17 heavy (non-hydrogen) atoms. The van der Waals surface area contributed by atoms with Crippen molar-refractivity contribution in [2.24, 2.45) is 11.1 Å². The van der Waals surface area contributed by atoms with Gasteiger partial charge in [0.1, 0.15) is 0 Å². The van der Waals surface area contributed by atoms with E-state index in [2.05, 4.69) is 32.6 Å². The summed E-state index contributed by atoms with van der Waals surface area (Å²) >= 11 is 0. The van der Waals surface area contributed by atoms with Crippen LogP contribution >= 0.6 is 0 Å². The fraction of sp³-hybridized carbons (Fsp3) is 0.929. The number of rotatable bonds is 4. The number of hydrogen-bond acceptors (Lipinski definition) is 2. The summed E-state index contributed by atoms with van der Waals surface area (Å²) in [4.78, 5) is 14.9. The van der Waals surface area contributed by atoms with Crippen LogP contribution in [0.4, 0.5) is 0 Å². The third-order valence-electron chi connectivity index (χ3n) is 4.63. The molecule has 100 valence electrons. The van der Waals surface area contributed by atoms with E-state index in [9.17, 15) is 4.79 Å². The van der Waals surface area contributed by atoms with Crippen molar-refractivity contribution >= 4 is 5.91 Å². The highest BCUT2D eigenvalue weighted by Crippen LogP contribution is 2.33.